The molecule has 0 aromatic heterocycles. The van der Waals surface area contributed by atoms with Gasteiger partial charge < -0.3 is 19.5 Å². The molecule has 0 spiro atoms. The number of hydrogen-bond acceptors (Lipinski definition) is 4. The molecule has 0 bridgehead atoms. The van der Waals surface area contributed by atoms with Crippen LogP contribution in [0.1, 0.15) is 13.8 Å². The summed E-state index contributed by atoms with van der Waals surface area (Å²) in [4.78, 5) is 13.7. The monoisotopic (exact) mass is 251 g/mol. The van der Waals surface area contributed by atoms with Crippen LogP contribution in [0.2, 0.25) is 0 Å². The van der Waals surface area contributed by atoms with Crippen LogP contribution in [-0.4, -0.2) is 41.4 Å². The molecule has 1 aliphatic heterocycles. The summed E-state index contributed by atoms with van der Waals surface area (Å²) in [5, 5.41) is 9.83. The van der Waals surface area contributed by atoms with Gasteiger partial charge in [-0.15, -0.1) is 0 Å². The summed E-state index contributed by atoms with van der Waals surface area (Å²) in [6.45, 7) is 4.91. The summed E-state index contributed by atoms with van der Waals surface area (Å²) in [6.07, 6.45) is -2.27. The summed E-state index contributed by atoms with van der Waals surface area (Å²) < 4.78 is 10.8. The fourth-order valence-electron chi connectivity index (χ4n) is 1.92. The zero-order valence-electron chi connectivity index (χ0n) is 10.5. The molecule has 18 heavy (non-hydrogen) atoms. The van der Waals surface area contributed by atoms with Crippen molar-refractivity contribution in [3.63, 3.8) is 0 Å². The number of benzene rings is 1. The zero-order chi connectivity index (χ0) is 13.1. The number of aliphatic hydroxyl groups is 1. The number of fused-ring (bicyclic) bond motifs is 1. The van der Waals surface area contributed by atoms with Crippen molar-refractivity contribution in [3.8, 4) is 11.5 Å². The molecule has 5 heteroatoms. The van der Waals surface area contributed by atoms with Crippen molar-refractivity contribution in [1.29, 1.82) is 0 Å². The minimum atomic E-state index is -1.27. The van der Waals surface area contributed by atoms with Gasteiger partial charge in [-0.05, 0) is 26.0 Å². The lowest BCUT2D eigenvalue weighted by molar-refractivity contribution is -0.162. The van der Waals surface area contributed by atoms with Crippen LogP contribution < -0.4 is 9.47 Å². The Morgan fingerprint density at radius 3 is 2.33 bits per heavy atom. The van der Waals surface area contributed by atoms with Crippen LogP contribution in [0.5, 0.6) is 11.5 Å². The molecular formula is C13H17NO4. The first-order valence-corrected chi connectivity index (χ1v) is 6.06. The molecule has 98 valence electrons. The van der Waals surface area contributed by atoms with Gasteiger partial charge in [0.05, 0.1) is 0 Å². The maximum atomic E-state index is 12.1. The molecule has 1 aliphatic rings. The van der Waals surface area contributed by atoms with E-state index in [-0.39, 0.29) is 5.91 Å². The van der Waals surface area contributed by atoms with Gasteiger partial charge in [0.1, 0.15) is 0 Å². The van der Waals surface area contributed by atoms with Crippen LogP contribution in [0, 0.1) is 0 Å². The third-order valence-corrected chi connectivity index (χ3v) is 2.93. The summed E-state index contributed by atoms with van der Waals surface area (Å²) in [6, 6.07) is 6.97. The van der Waals surface area contributed by atoms with Gasteiger partial charge in [0.2, 0.25) is 12.4 Å². The first-order valence-electron chi connectivity index (χ1n) is 6.06. The van der Waals surface area contributed by atoms with Gasteiger partial charge in [0.15, 0.2) is 11.5 Å². The van der Waals surface area contributed by atoms with Crippen molar-refractivity contribution in [3.05, 3.63) is 24.3 Å². The molecule has 0 saturated heterocycles. The molecule has 1 aromatic carbocycles. The maximum absolute atomic E-state index is 12.1. The maximum Gasteiger partial charge on any atom is 0.270 e. The Morgan fingerprint density at radius 2 is 1.78 bits per heavy atom. The number of para-hydroxylation sites is 2. The van der Waals surface area contributed by atoms with Gasteiger partial charge >= 0.3 is 0 Å². The lowest BCUT2D eigenvalue weighted by Gasteiger charge is -2.32. The summed E-state index contributed by atoms with van der Waals surface area (Å²) in [5.74, 6) is 0.670. The molecule has 0 aliphatic carbocycles. The van der Waals surface area contributed by atoms with E-state index >= 15 is 0 Å². The number of carbonyl (C=O) groups excluding carboxylic acids is 1. The molecule has 2 rings (SSSR count). The van der Waals surface area contributed by atoms with Gasteiger partial charge in [-0.25, -0.2) is 0 Å². The van der Waals surface area contributed by atoms with E-state index in [2.05, 4.69) is 0 Å². The van der Waals surface area contributed by atoms with Gasteiger partial charge in [0.25, 0.3) is 5.91 Å². The molecule has 2 atom stereocenters. The number of likely N-dealkylation sites (N-methyl/N-ethyl adjacent to an activating group) is 1. The molecule has 0 radical (unpaired) electrons. The van der Waals surface area contributed by atoms with E-state index in [1.165, 1.54) is 0 Å². The Hall–Kier alpha value is -1.75. The lowest BCUT2D eigenvalue weighted by atomic mass is 10.2. The first kappa shape index (κ1) is 12.7. The van der Waals surface area contributed by atoms with Crippen LogP contribution >= 0.6 is 0 Å². The van der Waals surface area contributed by atoms with E-state index in [4.69, 9.17) is 9.47 Å². The van der Waals surface area contributed by atoms with E-state index in [0.717, 1.165) is 0 Å². The van der Waals surface area contributed by atoms with Crippen LogP contribution in [0.25, 0.3) is 0 Å². The summed E-state index contributed by atoms with van der Waals surface area (Å²) >= 11 is 0. The molecule has 0 saturated carbocycles. The largest absolute Gasteiger partial charge is 0.470 e. The van der Waals surface area contributed by atoms with Crippen molar-refractivity contribution in [1.82, 2.24) is 4.90 Å². The number of amides is 1. The minimum Gasteiger partial charge on any atom is -0.470 e. The SMILES string of the molecule is CCN(CC)C(=O)[C@H]1Oc2ccccc2O[C@H]1O. The number of ether oxygens (including phenoxy) is 2. The highest BCUT2D eigenvalue weighted by Gasteiger charge is 2.37. The van der Waals surface area contributed by atoms with Crippen LogP contribution in [-0.2, 0) is 4.79 Å². The van der Waals surface area contributed by atoms with Crippen molar-refractivity contribution in [2.24, 2.45) is 0 Å². The Balaban J connectivity index is 2.19. The summed E-state index contributed by atoms with van der Waals surface area (Å²) in [7, 11) is 0. The Labute approximate surface area is 106 Å². The number of nitrogens with zero attached hydrogens (tertiary/aromatic N) is 1. The average Bonchev–Trinajstić information content (AvgIpc) is 2.39. The fourth-order valence-corrected chi connectivity index (χ4v) is 1.92. The highest BCUT2D eigenvalue weighted by atomic mass is 16.7. The Bertz CT molecular complexity index is 431. The summed E-state index contributed by atoms with van der Waals surface area (Å²) in [5.41, 5.74) is 0. The number of carbonyl (C=O) groups is 1. The van der Waals surface area contributed by atoms with Crippen molar-refractivity contribution < 1.29 is 19.4 Å². The smallest absolute Gasteiger partial charge is 0.270 e. The van der Waals surface area contributed by atoms with Gasteiger partial charge in [-0.2, -0.15) is 0 Å². The molecule has 5 nitrogen and oxygen atoms in total. The van der Waals surface area contributed by atoms with Crippen molar-refractivity contribution >= 4 is 5.91 Å². The number of aliphatic hydroxyl groups excluding tert-OH is 1. The second-order valence-corrected chi connectivity index (χ2v) is 4.00. The van der Waals surface area contributed by atoms with Gasteiger partial charge in [-0.3, -0.25) is 4.79 Å². The minimum absolute atomic E-state index is 0.262. The van der Waals surface area contributed by atoms with E-state index < -0.39 is 12.4 Å². The van der Waals surface area contributed by atoms with Crippen LogP contribution in [0.15, 0.2) is 24.3 Å². The van der Waals surface area contributed by atoms with Gasteiger partial charge in [0, 0.05) is 13.1 Å². The third-order valence-electron chi connectivity index (χ3n) is 2.93. The predicted octanol–water partition coefficient (Wildman–Crippen LogP) is 1.01. The zero-order valence-corrected chi connectivity index (χ0v) is 10.5. The topological polar surface area (TPSA) is 59.0 Å². The molecule has 0 fully saturated rings. The van der Waals surface area contributed by atoms with Crippen LogP contribution in [0.3, 0.4) is 0 Å². The molecule has 1 N–H and O–H groups in total. The normalized spacial score (nSPS) is 21.5. The molecule has 1 amide bonds. The van der Waals surface area contributed by atoms with E-state index in [1.807, 2.05) is 13.8 Å². The first-order chi connectivity index (χ1) is 8.67. The van der Waals surface area contributed by atoms with Crippen molar-refractivity contribution in [2.45, 2.75) is 26.2 Å². The lowest BCUT2D eigenvalue weighted by Crippen LogP contribution is -2.51. The van der Waals surface area contributed by atoms with E-state index in [0.29, 0.717) is 24.6 Å². The Kier molecular flexibility index (Phi) is 3.72. The molecule has 1 aromatic rings. The van der Waals surface area contributed by atoms with Gasteiger partial charge in [-0.1, -0.05) is 12.1 Å². The number of rotatable bonds is 3. The quantitative estimate of drug-likeness (QED) is 0.871. The third kappa shape index (κ3) is 2.26. The van der Waals surface area contributed by atoms with E-state index in [9.17, 15) is 9.90 Å². The molecule has 0 unspecified atom stereocenters. The fraction of sp³-hybridized carbons (Fsp3) is 0.462. The Morgan fingerprint density at radius 1 is 1.22 bits per heavy atom. The number of hydrogen-bond donors (Lipinski definition) is 1. The standard InChI is InChI=1S/C13H17NO4/c1-3-14(4-2)12(15)11-13(16)18-10-8-6-5-7-9(10)17-11/h5-8,11,13,16H,3-4H2,1-2H3/t11-,13-/m1/s1. The second-order valence-electron chi connectivity index (χ2n) is 4.00. The van der Waals surface area contributed by atoms with Crippen LogP contribution in [0.4, 0.5) is 0 Å². The second kappa shape index (κ2) is 5.27. The average molecular weight is 251 g/mol. The molecule has 1 heterocycles. The molecular weight excluding hydrogens is 234 g/mol. The van der Waals surface area contributed by atoms with Crippen molar-refractivity contribution in [2.75, 3.05) is 13.1 Å². The van der Waals surface area contributed by atoms with E-state index in [1.54, 1.807) is 29.2 Å². The predicted molar refractivity (Wildman–Crippen MR) is 65.4 cm³/mol. The highest BCUT2D eigenvalue weighted by molar-refractivity contribution is 5.82. The highest BCUT2D eigenvalue weighted by Crippen LogP contribution is 2.33.